The van der Waals surface area contributed by atoms with Gasteiger partial charge in [-0.25, -0.2) is 8.42 Å². The molecule has 106 valence electrons. The minimum absolute atomic E-state index is 0.00498. The van der Waals surface area contributed by atoms with Crippen LogP contribution in [-0.4, -0.2) is 23.9 Å². The van der Waals surface area contributed by atoms with E-state index < -0.39 is 10.0 Å². The van der Waals surface area contributed by atoms with E-state index in [0.29, 0.717) is 14.8 Å². The summed E-state index contributed by atoms with van der Waals surface area (Å²) in [5.41, 5.74) is 11.7. The third kappa shape index (κ3) is 2.89. The molecule has 0 fully saturated rings. The van der Waals surface area contributed by atoms with Gasteiger partial charge >= 0.3 is 0 Å². The molecule has 8 nitrogen and oxygen atoms in total. The monoisotopic (exact) mass is 314 g/mol. The zero-order valence-corrected chi connectivity index (χ0v) is 11.9. The molecule has 2 rings (SSSR count). The summed E-state index contributed by atoms with van der Waals surface area (Å²) in [7, 11) is -3.64. The van der Waals surface area contributed by atoms with E-state index in [1.165, 1.54) is 0 Å². The standard InChI is InChI=1S/C10H11ClN6O2S/c1-20(18,19)17-10(13)8(9(12)16-17)15-14-7-4-2-6(11)3-5-7/h2-5H,13H2,1H3,(H2,12,16). The van der Waals surface area contributed by atoms with Crippen LogP contribution in [-0.2, 0) is 10.0 Å². The highest BCUT2D eigenvalue weighted by Gasteiger charge is 2.19. The second kappa shape index (κ2) is 5.10. The highest BCUT2D eigenvalue weighted by Crippen LogP contribution is 2.31. The van der Waals surface area contributed by atoms with Crippen molar-refractivity contribution >= 4 is 44.6 Å². The molecule has 0 spiro atoms. The highest BCUT2D eigenvalue weighted by atomic mass is 35.5. The lowest BCUT2D eigenvalue weighted by atomic mass is 10.3. The first-order chi connectivity index (χ1) is 9.29. The van der Waals surface area contributed by atoms with Gasteiger partial charge in [-0.2, -0.15) is 5.11 Å². The van der Waals surface area contributed by atoms with Crippen molar-refractivity contribution in [1.82, 2.24) is 9.19 Å². The molecule has 0 atom stereocenters. The lowest BCUT2D eigenvalue weighted by molar-refractivity contribution is 0.587. The predicted octanol–water partition coefficient (Wildman–Crippen LogP) is 1.92. The largest absolute Gasteiger partial charge is 0.381 e. The fourth-order valence-electron chi connectivity index (χ4n) is 1.39. The molecule has 0 saturated heterocycles. The minimum atomic E-state index is -3.64. The first-order valence-electron chi connectivity index (χ1n) is 5.31. The maximum absolute atomic E-state index is 11.4. The van der Waals surface area contributed by atoms with E-state index in [9.17, 15) is 8.42 Å². The highest BCUT2D eigenvalue weighted by molar-refractivity contribution is 7.89. The fourth-order valence-corrected chi connectivity index (χ4v) is 2.20. The number of rotatable bonds is 3. The Morgan fingerprint density at radius 2 is 1.80 bits per heavy atom. The van der Waals surface area contributed by atoms with Crippen molar-refractivity contribution in [1.29, 1.82) is 0 Å². The third-order valence-corrected chi connectivity index (χ3v) is 3.45. The van der Waals surface area contributed by atoms with Gasteiger partial charge in [-0.1, -0.05) is 11.6 Å². The van der Waals surface area contributed by atoms with E-state index in [1.807, 2.05) is 0 Å². The SMILES string of the molecule is CS(=O)(=O)n1nc(N)c(N=Nc2ccc(Cl)cc2)c1N. The van der Waals surface area contributed by atoms with Crippen LogP contribution in [0, 0.1) is 0 Å². The van der Waals surface area contributed by atoms with Crippen molar-refractivity contribution in [3.8, 4) is 0 Å². The van der Waals surface area contributed by atoms with Gasteiger partial charge in [0.05, 0.1) is 11.9 Å². The van der Waals surface area contributed by atoms with Crippen LogP contribution < -0.4 is 11.5 Å². The van der Waals surface area contributed by atoms with Crippen molar-refractivity contribution in [3.63, 3.8) is 0 Å². The van der Waals surface area contributed by atoms with Gasteiger partial charge in [0.15, 0.2) is 17.3 Å². The first-order valence-corrected chi connectivity index (χ1v) is 7.53. The molecule has 0 bridgehead atoms. The maximum atomic E-state index is 11.4. The van der Waals surface area contributed by atoms with E-state index in [4.69, 9.17) is 23.1 Å². The van der Waals surface area contributed by atoms with Crippen LogP contribution in [0.3, 0.4) is 0 Å². The van der Waals surface area contributed by atoms with Crippen LogP contribution in [0.15, 0.2) is 34.5 Å². The number of hydrogen-bond donors (Lipinski definition) is 2. The molecule has 20 heavy (non-hydrogen) atoms. The first kappa shape index (κ1) is 14.3. The van der Waals surface area contributed by atoms with Gasteiger partial charge in [0.2, 0.25) is 0 Å². The molecule has 4 N–H and O–H groups in total. The number of aromatic nitrogens is 2. The van der Waals surface area contributed by atoms with Crippen LogP contribution in [0.25, 0.3) is 0 Å². The molecule has 2 aromatic rings. The minimum Gasteiger partial charge on any atom is -0.381 e. The number of azo groups is 1. The van der Waals surface area contributed by atoms with E-state index in [0.717, 1.165) is 6.26 Å². The summed E-state index contributed by atoms with van der Waals surface area (Å²) in [6.07, 6.45) is 0.954. The number of halogens is 1. The molecule has 1 heterocycles. The maximum Gasteiger partial charge on any atom is 0.252 e. The van der Waals surface area contributed by atoms with Gasteiger partial charge in [-0.15, -0.1) is 14.3 Å². The summed E-state index contributed by atoms with van der Waals surface area (Å²) in [4.78, 5) is 0. The lowest BCUT2D eigenvalue weighted by Crippen LogP contribution is -2.14. The Bertz CT molecular complexity index is 766. The number of anilines is 2. The molecule has 10 heteroatoms. The third-order valence-electron chi connectivity index (χ3n) is 2.30. The summed E-state index contributed by atoms with van der Waals surface area (Å²) >= 11 is 5.74. The quantitative estimate of drug-likeness (QED) is 0.836. The average Bonchev–Trinajstić information content (AvgIpc) is 2.64. The van der Waals surface area contributed by atoms with Crippen LogP contribution >= 0.6 is 11.6 Å². The molecule has 0 unspecified atom stereocenters. The van der Waals surface area contributed by atoms with Crippen molar-refractivity contribution in [2.45, 2.75) is 0 Å². The molecule has 0 radical (unpaired) electrons. The Kier molecular flexibility index (Phi) is 3.64. The van der Waals surface area contributed by atoms with Gasteiger partial charge in [0.1, 0.15) is 0 Å². The molecule has 0 saturated carbocycles. The van der Waals surface area contributed by atoms with Crippen LogP contribution in [0.1, 0.15) is 0 Å². The smallest absolute Gasteiger partial charge is 0.252 e. The molecule has 0 aliphatic heterocycles. The summed E-state index contributed by atoms with van der Waals surface area (Å²) in [5.74, 6) is -0.312. The topological polar surface area (TPSA) is 129 Å². The predicted molar refractivity (Wildman–Crippen MR) is 76.9 cm³/mol. The van der Waals surface area contributed by atoms with Gasteiger partial charge in [0, 0.05) is 5.02 Å². The number of nitrogen functional groups attached to an aromatic ring is 2. The molecule has 0 amide bonds. The Hall–Kier alpha value is -2.13. The van der Waals surface area contributed by atoms with Crippen molar-refractivity contribution < 1.29 is 8.42 Å². The Labute approximate surface area is 120 Å². The Morgan fingerprint density at radius 1 is 1.20 bits per heavy atom. The van der Waals surface area contributed by atoms with Crippen LogP contribution in [0.2, 0.25) is 5.02 Å². The van der Waals surface area contributed by atoms with Gasteiger partial charge in [-0.3, -0.25) is 0 Å². The molecule has 0 aliphatic rings. The van der Waals surface area contributed by atoms with Crippen molar-refractivity contribution in [3.05, 3.63) is 29.3 Å². The van der Waals surface area contributed by atoms with Gasteiger partial charge in [-0.05, 0) is 24.3 Å². The zero-order valence-electron chi connectivity index (χ0n) is 10.4. The Balaban J connectivity index is 2.39. The molecular formula is C10H11ClN6O2S. The number of hydrogen-bond acceptors (Lipinski definition) is 7. The number of nitrogens with zero attached hydrogens (tertiary/aromatic N) is 4. The normalized spacial score (nSPS) is 12.1. The lowest BCUT2D eigenvalue weighted by Gasteiger charge is -1.98. The average molecular weight is 315 g/mol. The van der Waals surface area contributed by atoms with E-state index in [1.54, 1.807) is 24.3 Å². The number of benzene rings is 1. The second-order valence-corrected chi connectivity index (χ2v) is 6.15. The molecule has 0 aliphatic carbocycles. The van der Waals surface area contributed by atoms with Crippen molar-refractivity contribution in [2.24, 2.45) is 10.2 Å². The van der Waals surface area contributed by atoms with Gasteiger partial charge in [0.25, 0.3) is 10.0 Å². The summed E-state index contributed by atoms with van der Waals surface area (Å²) in [6, 6.07) is 6.56. The fraction of sp³-hybridized carbons (Fsp3) is 0.100. The number of nitrogens with two attached hydrogens (primary N) is 2. The molecule has 1 aromatic carbocycles. The Morgan fingerprint density at radius 3 is 2.30 bits per heavy atom. The van der Waals surface area contributed by atoms with E-state index in [2.05, 4.69) is 15.3 Å². The molecule has 1 aromatic heterocycles. The van der Waals surface area contributed by atoms with Crippen LogP contribution in [0.5, 0.6) is 0 Å². The molecular weight excluding hydrogens is 304 g/mol. The second-order valence-electron chi connectivity index (χ2n) is 3.90. The summed E-state index contributed by atoms with van der Waals surface area (Å²) in [6.45, 7) is 0. The van der Waals surface area contributed by atoms with Crippen molar-refractivity contribution in [2.75, 3.05) is 17.7 Å². The zero-order chi connectivity index (χ0) is 14.9. The summed E-state index contributed by atoms with van der Waals surface area (Å²) < 4.78 is 23.4. The van der Waals surface area contributed by atoms with E-state index in [-0.39, 0.29) is 17.3 Å². The van der Waals surface area contributed by atoms with Gasteiger partial charge < -0.3 is 11.5 Å². The summed E-state index contributed by atoms with van der Waals surface area (Å²) in [5, 5.41) is 11.9. The van der Waals surface area contributed by atoms with Crippen LogP contribution in [0.4, 0.5) is 23.0 Å². The van der Waals surface area contributed by atoms with E-state index >= 15 is 0 Å².